The Morgan fingerprint density at radius 2 is 2.24 bits per heavy atom. The maximum Gasteiger partial charge on any atom is 0.199 e. The Hall–Kier alpha value is -0.680. The van der Waals surface area contributed by atoms with E-state index in [1.807, 2.05) is 11.8 Å². The minimum atomic E-state index is -0.00227. The van der Waals surface area contributed by atoms with E-state index in [0.29, 0.717) is 16.7 Å². The first-order valence-corrected chi connectivity index (χ1v) is 7.60. The van der Waals surface area contributed by atoms with Crippen molar-refractivity contribution in [1.82, 2.24) is 4.98 Å². The van der Waals surface area contributed by atoms with Gasteiger partial charge in [0, 0.05) is 23.0 Å². The summed E-state index contributed by atoms with van der Waals surface area (Å²) in [7, 11) is 1.57. The topological polar surface area (TPSA) is 39.2 Å². The molecule has 1 saturated heterocycles. The summed E-state index contributed by atoms with van der Waals surface area (Å²) in [6, 6.07) is 3.56. The smallest absolute Gasteiger partial charge is 0.199 e. The summed E-state index contributed by atoms with van der Waals surface area (Å²) in [6.45, 7) is 2.11. The van der Waals surface area contributed by atoms with Gasteiger partial charge in [-0.2, -0.15) is 11.8 Å². The zero-order valence-corrected chi connectivity index (χ0v) is 11.5. The molecule has 5 heteroatoms. The van der Waals surface area contributed by atoms with Crippen molar-refractivity contribution in [3.8, 4) is 5.75 Å². The molecule has 2 unspecified atom stereocenters. The minimum Gasteiger partial charge on any atom is -0.494 e. The molecule has 17 heavy (non-hydrogen) atoms. The number of rotatable bonds is 3. The molecule has 1 aromatic rings. The summed E-state index contributed by atoms with van der Waals surface area (Å²) in [4.78, 5) is 16.6. The van der Waals surface area contributed by atoms with Crippen LogP contribution in [0.3, 0.4) is 0 Å². The standard InChI is InChI=1S/C12H15NO2S2/c1-8-12(17-7-6-16-8)11(14)10-9(15-2)4-3-5-13-10/h3-5,8,12H,6-7H2,1-2H3. The molecular weight excluding hydrogens is 254 g/mol. The highest BCUT2D eigenvalue weighted by molar-refractivity contribution is 8.07. The maximum atomic E-state index is 12.4. The molecule has 3 nitrogen and oxygen atoms in total. The molecule has 0 aliphatic carbocycles. The van der Waals surface area contributed by atoms with Crippen LogP contribution in [0.4, 0.5) is 0 Å². The van der Waals surface area contributed by atoms with Crippen LogP contribution < -0.4 is 4.74 Å². The van der Waals surface area contributed by atoms with Crippen molar-refractivity contribution >= 4 is 29.3 Å². The zero-order valence-electron chi connectivity index (χ0n) is 9.88. The van der Waals surface area contributed by atoms with Gasteiger partial charge in [0.1, 0.15) is 11.4 Å². The summed E-state index contributed by atoms with van der Waals surface area (Å²) in [5.74, 6) is 2.81. The number of thioether (sulfide) groups is 2. The third-order valence-electron chi connectivity index (χ3n) is 2.67. The highest BCUT2D eigenvalue weighted by Crippen LogP contribution is 2.34. The summed E-state index contributed by atoms with van der Waals surface area (Å²) in [5, 5.41) is 0.338. The van der Waals surface area contributed by atoms with Gasteiger partial charge in [-0.15, -0.1) is 11.8 Å². The van der Waals surface area contributed by atoms with Gasteiger partial charge >= 0.3 is 0 Å². The molecule has 0 spiro atoms. The molecule has 0 amide bonds. The van der Waals surface area contributed by atoms with Gasteiger partial charge < -0.3 is 4.74 Å². The number of methoxy groups -OCH3 is 1. The first kappa shape index (κ1) is 12.8. The zero-order chi connectivity index (χ0) is 12.3. The molecule has 1 aliphatic heterocycles. The van der Waals surface area contributed by atoms with Gasteiger partial charge in [-0.25, -0.2) is 4.98 Å². The number of carbonyl (C=O) groups is 1. The van der Waals surface area contributed by atoms with E-state index in [4.69, 9.17) is 4.74 Å². The number of aromatic nitrogens is 1. The van der Waals surface area contributed by atoms with Gasteiger partial charge in [0.25, 0.3) is 0 Å². The molecule has 0 bridgehead atoms. The summed E-state index contributed by atoms with van der Waals surface area (Å²) >= 11 is 3.58. The number of hydrogen-bond donors (Lipinski definition) is 0. The number of ketones is 1. The van der Waals surface area contributed by atoms with E-state index in [9.17, 15) is 4.79 Å². The number of hydrogen-bond acceptors (Lipinski definition) is 5. The van der Waals surface area contributed by atoms with Crippen molar-refractivity contribution in [3.05, 3.63) is 24.0 Å². The minimum absolute atomic E-state index is 0.00227. The van der Waals surface area contributed by atoms with Crippen LogP contribution in [0.2, 0.25) is 0 Å². The Balaban J connectivity index is 2.23. The van der Waals surface area contributed by atoms with Crippen LogP contribution in [0.5, 0.6) is 5.75 Å². The fourth-order valence-electron chi connectivity index (χ4n) is 1.80. The van der Waals surface area contributed by atoms with Gasteiger partial charge in [-0.3, -0.25) is 4.79 Å². The monoisotopic (exact) mass is 269 g/mol. The largest absolute Gasteiger partial charge is 0.494 e. The van der Waals surface area contributed by atoms with Gasteiger partial charge in [0.2, 0.25) is 0 Å². The third-order valence-corrected chi connectivity index (χ3v) is 5.76. The van der Waals surface area contributed by atoms with E-state index in [1.165, 1.54) is 0 Å². The van der Waals surface area contributed by atoms with Crippen LogP contribution in [0, 0.1) is 0 Å². The van der Waals surface area contributed by atoms with Gasteiger partial charge in [0.05, 0.1) is 12.4 Å². The predicted octanol–water partition coefficient (Wildman–Crippen LogP) is 2.51. The SMILES string of the molecule is COc1cccnc1C(=O)C1SCCSC1C. The van der Waals surface area contributed by atoms with E-state index in [0.717, 1.165) is 11.5 Å². The lowest BCUT2D eigenvalue weighted by Gasteiger charge is -2.26. The van der Waals surface area contributed by atoms with Crippen molar-refractivity contribution in [2.75, 3.05) is 18.6 Å². The summed E-state index contributed by atoms with van der Waals surface area (Å²) in [6.07, 6.45) is 1.64. The van der Waals surface area contributed by atoms with E-state index in [1.54, 1.807) is 37.2 Å². The fraction of sp³-hybridized carbons (Fsp3) is 0.500. The van der Waals surface area contributed by atoms with Crippen LogP contribution >= 0.6 is 23.5 Å². The second kappa shape index (κ2) is 5.78. The van der Waals surface area contributed by atoms with Crippen LogP contribution in [0.25, 0.3) is 0 Å². The molecule has 0 aromatic carbocycles. The van der Waals surface area contributed by atoms with E-state index in [-0.39, 0.29) is 11.0 Å². The summed E-state index contributed by atoms with van der Waals surface area (Å²) in [5.41, 5.74) is 0.460. The molecule has 1 aromatic heterocycles. The van der Waals surface area contributed by atoms with Crippen LogP contribution in [0.15, 0.2) is 18.3 Å². The number of carbonyl (C=O) groups excluding carboxylic acids is 1. The lowest BCUT2D eigenvalue weighted by atomic mass is 10.1. The Bertz CT molecular complexity index is 411. The van der Waals surface area contributed by atoms with E-state index < -0.39 is 0 Å². The Morgan fingerprint density at radius 1 is 1.47 bits per heavy atom. The normalized spacial score (nSPS) is 24.4. The molecule has 0 saturated carbocycles. The molecule has 1 aliphatic rings. The van der Waals surface area contributed by atoms with Crippen molar-refractivity contribution in [2.24, 2.45) is 0 Å². The van der Waals surface area contributed by atoms with Crippen LogP contribution in [-0.2, 0) is 0 Å². The van der Waals surface area contributed by atoms with E-state index >= 15 is 0 Å². The van der Waals surface area contributed by atoms with Gasteiger partial charge in [-0.05, 0) is 12.1 Å². The lowest BCUT2D eigenvalue weighted by molar-refractivity contribution is 0.0981. The van der Waals surface area contributed by atoms with Crippen LogP contribution in [-0.4, -0.2) is 39.9 Å². The quantitative estimate of drug-likeness (QED) is 0.788. The Kier molecular flexibility index (Phi) is 4.34. The molecule has 0 radical (unpaired) electrons. The fourth-order valence-corrected chi connectivity index (χ4v) is 4.50. The van der Waals surface area contributed by atoms with Crippen molar-refractivity contribution in [2.45, 2.75) is 17.4 Å². The first-order valence-electron chi connectivity index (χ1n) is 5.50. The second-order valence-corrected chi connectivity index (χ2v) is 6.52. The predicted molar refractivity (Wildman–Crippen MR) is 73.3 cm³/mol. The average molecular weight is 269 g/mol. The van der Waals surface area contributed by atoms with E-state index in [2.05, 4.69) is 11.9 Å². The maximum absolute atomic E-state index is 12.4. The molecule has 1 fully saturated rings. The van der Waals surface area contributed by atoms with Crippen molar-refractivity contribution < 1.29 is 9.53 Å². The summed E-state index contributed by atoms with van der Waals surface area (Å²) < 4.78 is 5.19. The van der Waals surface area contributed by atoms with Crippen molar-refractivity contribution in [3.63, 3.8) is 0 Å². The Labute approximate surface area is 110 Å². The number of nitrogens with zero attached hydrogens (tertiary/aromatic N) is 1. The molecule has 2 heterocycles. The lowest BCUT2D eigenvalue weighted by Crippen LogP contribution is -2.31. The van der Waals surface area contributed by atoms with Gasteiger partial charge in [-0.1, -0.05) is 6.92 Å². The molecule has 0 N–H and O–H groups in total. The van der Waals surface area contributed by atoms with Gasteiger partial charge in [0.15, 0.2) is 5.78 Å². The highest BCUT2D eigenvalue weighted by Gasteiger charge is 2.31. The highest BCUT2D eigenvalue weighted by atomic mass is 32.2. The van der Waals surface area contributed by atoms with Crippen LogP contribution in [0.1, 0.15) is 17.4 Å². The molecular formula is C12H15NO2S2. The Morgan fingerprint density at radius 3 is 2.94 bits per heavy atom. The molecule has 2 atom stereocenters. The molecule has 2 rings (SSSR count). The third kappa shape index (κ3) is 2.77. The molecule has 92 valence electrons. The number of ether oxygens (including phenoxy) is 1. The van der Waals surface area contributed by atoms with Crippen molar-refractivity contribution in [1.29, 1.82) is 0 Å². The number of pyridine rings is 1. The second-order valence-electron chi connectivity index (χ2n) is 3.79. The first-order chi connectivity index (χ1) is 8.24. The number of Topliss-reactive ketones (excluding diaryl/α,β-unsaturated/α-hetero) is 1. The average Bonchev–Trinajstić information content (AvgIpc) is 2.38.